The largest absolute Gasteiger partial charge is 0.396 e. The molecule has 2 fully saturated rings. The zero-order valence-electron chi connectivity index (χ0n) is 16.1. The summed E-state index contributed by atoms with van der Waals surface area (Å²) in [6.45, 7) is -0.520. The van der Waals surface area contributed by atoms with Crippen LogP contribution in [0.1, 0.15) is 0 Å². The maximum Gasteiger partial charge on any atom is 0.203 e. The van der Waals surface area contributed by atoms with Gasteiger partial charge in [0.1, 0.15) is 6.10 Å². The molecule has 27 heavy (non-hydrogen) atoms. The van der Waals surface area contributed by atoms with Crippen molar-refractivity contribution in [2.75, 3.05) is 48.8 Å². The summed E-state index contributed by atoms with van der Waals surface area (Å²) in [5, 5.41) is 31.3. The Morgan fingerprint density at radius 3 is 1.96 bits per heavy atom. The van der Waals surface area contributed by atoms with Gasteiger partial charge in [0.25, 0.3) is 0 Å². The van der Waals surface area contributed by atoms with Crippen molar-refractivity contribution < 1.29 is 53.5 Å². The monoisotopic (exact) mass is 398 g/mol. The van der Waals surface area contributed by atoms with Gasteiger partial charge in [0.15, 0.2) is 12.4 Å². The summed E-state index contributed by atoms with van der Waals surface area (Å²) in [6, 6.07) is 0. The molecule has 0 radical (unpaired) electrons. The average molecular weight is 398 g/mol. The molecule has 0 amide bonds. The minimum absolute atomic E-state index is 0.0915. The smallest absolute Gasteiger partial charge is 0.203 e. The number of aliphatic hydroxyl groups is 3. The number of rotatable bonds is 8. The van der Waals surface area contributed by atoms with E-state index in [0.717, 1.165) is 0 Å². The Kier molecular flexibility index (Phi) is 8.34. The van der Waals surface area contributed by atoms with E-state index in [1.165, 1.54) is 35.5 Å². The van der Waals surface area contributed by atoms with E-state index in [2.05, 4.69) is 0 Å². The quantitative estimate of drug-likeness (QED) is 0.317. The number of aliphatic hydroxyl groups excluding tert-OH is 1. The summed E-state index contributed by atoms with van der Waals surface area (Å²) in [6.07, 6.45) is -5.42. The van der Waals surface area contributed by atoms with E-state index in [0.29, 0.717) is 0 Å². The van der Waals surface area contributed by atoms with Crippen LogP contribution in [0.2, 0.25) is 0 Å². The molecule has 2 aliphatic rings. The fraction of sp³-hybridized carbons (Fsp3) is 1.00. The molecule has 0 spiro atoms. The molecule has 2 heterocycles. The maximum absolute atomic E-state index is 10.8. The molecule has 11 nitrogen and oxygen atoms in total. The lowest BCUT2D eigenvalue weighted by Gasteiger charge is -2.52. The lowest BCUT2D eigenvalue weighted by Crippen LogP contribution is -2.69. The third kappa shape index (κ3) is 4.28. The van der Waals surface area contributed by atoms with Gasteiger partial charge in [0.2, 0.25) is 12.1 Å². The number of methoxy groups -OCH3 is 5. The first kappa shape index (κ1) is 22.8. The highest BCUT2D eigenvalue weighted by Crippen LogP contribution is 2.42. The highest BCUT2D eigenvalue weighted by molar-refractivity contribution is 5.01. The van der Waals surface area contributed by atoms with Crippen LogP contribution in [-0.4, -0.2) is 107 Å². The lowest BCUT2D eigenvalue weighted by atomic mass is 9.77. The van der Waals surface area contributed by atoms with Gasteiger partial charge in [-0.3, -0.25) is 0 Å². The van der Waals surface area contributed by atoms with Crippen LogP contribution in [-0.2, 0) is 38.2 Å². The van der Waals surface area contributed by atoms with Crippen molar-refractivity contribution in [2.45, 2.75) is 42.8 Å². The van der Waals surface area contributed by atoms with Gasteiger partial charge in [-0.2, -0.15) is 0 Å². The zero-order valence-corrected chi connectivity index (χ0v) is 16.1. The van der Waals surface area contributed by atoms with Gasteiger partial charge < -0.3 is 43.7 Å². The third-order valence-electron chi connectivity index (χ3n) is 5.14. The summed E-state index contributed by atoms with van der Waals surface area (Å²) < 4.78 is 32.5. The SMILES string of the molecule is COCC1OC(OC)C(OC)C(OC)C1C1OOC(OC)C(CO)C1(O)O. The van der Waals surface area contributed by atoms with Gasteiger partial charge in [0, 0.05) is 35.5 Å². The Morgan fingerprint density at radius 2 is 1.48 bits per heavy atom. The molecule has 8 atom stereocenters. The Hall–Kier alpha value is -0.440. The van der Waals surface area contributed by atoms with Crippen LogP contribution < -0.4 is 0 Å². The van der Waals surface area contributed by atoms with Gasteiger partial charge in [-0.1, -0.05) is 0 Å². The summed E-state index contributed by atoms with van der Waals surface area (Å²) >= 11 is 0. The standard InChI is InChI=1S/C16H30O11/c1-20-7-9-10(11(21-2)12(22-3)15(24-5)25-9)13-16(18,19)8(6-17)14(23-4)27-26-13/h8-15,17-19H,6-7H2,1-5H3. The van der Waals surface area contributed by atoms with Crippen LogP contribution >= 0.6 is 0 Å². The summed E-state index contributed by atoms with van der Waals surface area (Å²) in [5.41, 5.74) is 0. The van der Waals surface area contributed by atoms with Crippen molar-refractivity contribution in [1.82, 2.24) is 0 Å². The van der Waals surface area contributed by atoms with Crippen molar-refractivity contribution in [3.05, 3.63) is 0 Å². The van der Waals surface area contributed by atoms with Crippen molar-refractivity contribution >= 4 is 0 Å². The molecule has 160 valence electrons. The molecule has 2 aliphatic heterocycles. The van der Waals surface area contributed by atoms with Crippen molar-refractivity contribution in [3.63, 3.8) is 0 Å². The third-order valence-corrected chi connectivity index (χ3v) is 5.14. The minimum Gasteiger partial charge on any atom is -0.396 e. The van der Waals surface area contributed by atoms with Crippen LogP contribution in [0.25, 0.3) is 0 Å². The Bertz CT molecular complexity index is 448. The second kappa shape index (κ2) is 9.85. The molecular formula is C16H30O11. The van der Waals surface area contributed by atoms with Gasteiger partial charge in [-0.05, 0) is 0 Å². The second-order valence-electron chi connectivity index (χ2n) is 6.50. The number of ether oxygens (including phenoxy) is 6. The molecule has 0 aromatic carbocycles. The van der Waals surface area contributed by atoms with E-state index in [1.54, 1.807) is 0 Å². The van der Waals surface area contributed by atoms with Gasteiger partial charge in [-0.15, -0.1) is 0 Å². The van der Waals surface area contributed by atoms with Crippen molar-refractivity contribution in [1.29, 1.82) is 0 Å². The molecule has 8 unspecified atom stereocenters. The van der Waals surface area contributed by atoms with Gasteiger partial charge in [0.05, 0.1) is 37.3 Å². The maximum atomic E-state index is 10.8. The molecule has 11 heteroatoms. The Morgan fingerprint density at radius 1 is 0.852 bits per heavy atom. The molecule has 0 aromatic rings. The first-order valence-electron chi connectivity index (χ1n) is 8.54. The van der Waals surface area contributed by atoms with E-state index in [1.807, 2.05) is 0 Å². The second-order valence-corrected chi connectivity index (χ2v) is 6.50. The molecule has 0 bridgehead atoms. The number of hydrogen-bond donors (Lipinski definition) is 3. The summed E-state index contributed by atoms with van der Waals surface area (Å²) in [7, 11) is 7.15. The fourth-order valence-electron chi connectivity index (χ4n) is 3.77. The summed E-state index contributed by atoms with van der Waals surface area (Å²) in [5.74, 6) is -4.50. The Labute approximate surface area is 157 Å². The fourth-order valence-corrected chi connectivity index (χ4v) is 3.77. The lowest BCUT2D eigenvalue weighted by molar-refractivity contribution is -0.512. The first-order valence-corrected chi connectivity index (χ1v) is 8.54. The highest BCUT2D eigenvalue weighted by atomic mass is 17.2. The first-order chi connectivity index (χ1) is 12.9. The normalized spacial score (nSPS) is 42.2. The van der Waals surface area contributed by atoms with E-state index in [-0.39, 0.29) is 6.61 Å². The highest BCUT2D eigenvalue weighted by Gasteiger charge is 2.61. The number of hydrogen-bond acceptors (Lipinski definition) is 11. The molecule has 3 N–H and O–H groups in total. The predicted octanol–water partition coefficient (Wildman–Crippen LogP) is -1.76. The van der Waals surface area contributed by atoms with Gasteiger partial charge >= 0.3 is 0 Å². The van der Waals surface area contributed by atoms with Crippen molar-refractivity contribution in [3.8, 4) is 0 Å². The van der Waals surface area contributed by atoms with Crippen LogP contribution in [0.5, 0.6) is 0 Å². The predicted molar refractivity (Wildman–Crippen MR) is 87.1 cm³/mol. The molecule has 2 rings (SSSR count). The molecular weight excluding hydrogens is 368 g/mol. The molecule has 0 saturated carbocycles. The Balaban J connectivity index is 2.40. The topological polar surface area (TPSA) is 135 Å². The zero-order chi connectivity index (χ0) is 20.2. The molecule has 0 aliphatic carbocycles. The molecule has 0 aromatic heterocycles. The van der Waals surface area contributed by atoms with E-state index in [4.69, 9.17) is 38.2 Å². The van der Waals surface area contributed by atoms with E-state index < -0.39 is 61.2 Å². The average Bonchev–Trinajstić information content (AvgIpc) is 2.66. The van der Waals surface area contributed by atoms with E-state index in [9.17, 15) is 15.3 Å². The van der Waals surface area contributed by atoms with Gasteiger partial charge in [-0.25, -0.2) is 9.78 Å². The van der Waals surface area contributed by atoms with Crippen LogP contribution in [0.4, 0.5) is 0 Å². The minimum atomic E-state index is -2.51. The van der Waals surface area contributed by atoms with Crippen molar-refractivity contribution in [2.24, 2.45) is 11.8 Å². The molecule has 2 saturated heterocycles. The summed E-state index contributed by atoms with van der Waals surface area (Å²) in [4.78, 5) is 10.4. The van der Waals surface area contributed by atoms with Crippen LogP contribution in [0.15, 0.2) is 0 Å². The van der Waals surface area contributed by atoms with Crippen LogP contribution in [0.3, 0.4) is 0 Å². The van der Waals surface area contributed by atoms with Crippen LogP contribution in [0, 0.1) is 11.8 Å². The van der Waals surface area contributed by atoms with E-state index >= 15 is 0 Å².